The highest BCUT2D eigenvalue weighted by Gasteiger charge is 2.30. The van der Waals surface area contributed by atoms with Gasteiger partial charge in [0.2, 0.25) is 11.8 Å². The molecule has 2 atom stereocenters. The zero-order valence-electron chi connectivity index (χ0n) is 14.2. The number of benzene rings is 1. The van der Waals surface area contributed by atoms with Crippen LogP contribution in [0.3, 0.4) is 0 Å². The van der Waals surface area contributed by atoms with Crippen molar-refractivity contribution in [2.45, 2.75) is 38.0 Å². The molecule has 5 nitrogen and oxygen atoms in total. The summed E-state index contributed by atoms with van der Waals surface area (Å²) in [6.45, 7) is 5.15. The summed E-state index contributed by atoms with van der Waals surface area (Å²) in [4.78, 5) is 26.3. The van der Waals surface area contributed by atoms with E-state index >= 15 is 0 Å². The molecule has 2 unspecified atom stereocenters. The first kappa shape index (κ1) is 20.8. The van der Waals surface area contributed by atoms with Gasteiger partial charge in [-0.3, -0.25) is 9.59 Å². The van der Waals surface area contributed by atoms with Crippen molar-refractivity contribution in [3.63, 3.8) is 0 Å². The molecular weight excluding hydrogens is 346 g/mol. The quantitative estimate of drug-likeness (QED) is 0.805. The predicted octanol–water partition coefficient (Wildman–Crippen LogP) is 2.43. The van der Waals surface area contributed by atoms with Crippen LogP contribution in [0.4, 0.5) is 5.69 Å². The molecule has 1 heterocycles. The normalized spacial score (nSPS) is 18.0. The number of aryl methyl sites for hydroxylation is 1. The second-order valence-corrected chi connectivity index (χ2v) is 7.26. The maximum Gasteiger partial charge on any atom is 0.235 e. The highest BCUT2D eigenvalue weighted by atomic mass is 35.5. The smallest absolute Gasteiger partial charge is 0.235 e. The number of hydrogen-bond donors (Lipinski definition) is 2. The molecule has 3 N–H and O–H groups in total. The zero-order valence-corrected chi connectivity index (χ0v) is 15.8. The lowest BCUT2D eigenvalue weighted by Gasteiger charge is -2.26. The number of anilines is 1. The molecule has 2 amide bonds. The minimum atomic E-state index is -0.231. The lowest BCUT2D eigenvalue weighted by atomic mass is 10.2. The maximum absolute atomic E-state index is 12.4. The highest BCUT2D eigenvalue weighted by molar-refractivity contribution is 8.01. The Balaban J connectivity index is 0.00000288. The fraction of sp³-hybridized carbons (Fsp3) is 0.529. The largest absolute Gasteiger partial charge is 0.337 e. The van der Waals surface area contributed by atoms with Crippen LogP contribution in [0.1, 0.15) is 25.3 Å². The molecule has 0 saturated carbocycles. The SMILES string of the molecule is Cc1ccc(NC(=O)CSC(C)C(=O)N2CCCC2CN)cc1.Cl. The molecule has 1 aromatic carbocycles. The number of amides is 2. The maximum atomic E-state index is 12.4. The summed E-state index contributed by atoms with van der Waals surface area (Å²) in [5, 5.41) is 2.62. The number of rotatable bonds is 6. The topological polar surface area (TPSA) is 75.4 Å². The Morgan fingerprint density at radius 3 is 2.67 bits per heavy atom. The summed E-state index contributed by atoms with van der Waals surface area (Å²) < 4.78 is 0. The molecule has 0 radical (unpaired) electrons. The molecule has 24 heavy (non-hydrogen) atoms. The second kappa shape index (κ2) is 9.91. The van der Waals surface area contributed by atoms with Gasteiger partial charge in [-0.2, -0.15) is 0 Å². The monoisotopic (exact) mass is 371 g/mol. The van der Waals surface area contributed by atoms with E-state index in [0.717, 1.165) is 30.6 Å². The van der Waals surface area contributed by atoms with Crippen LogP contribution in [0.2, 0.25) is 0 Å². The molecule has 134 valence electrons. The van der Waals surface area contributed by atoms with Crippen LogP contribution in [0, 0.1) is 6.92 Å². The summed E-state index contributed by atoms with van der Waals surface area (Å²) in [7, 11) is 0. The third-order valence-electron chi connectivity index (χ3n) is 4.08. The Hall–Kier alpha value is -1.24. The van der Waals surface area contributed by atoms with Crippen molar-refractivity contribution < 1.29 is 9.59 Å². The minimum Gasteiger partial charge on any atom is -0.337 e. The van der Waals surface area contributed by atoms with Crippen LogP contribution in [-0.2, 0) is 9.59 Å². The van der Waals surface area contributed by atoms with E-state index in [1.807, 2.05) is 43.0 Å². The summed E-state index contributed by atoms with van der Waals surface area (Å²) in [6.07, 6.45) is 1.99. The van der Waals surface area contributed by atoms with Gasteiger partial charge in [0.05, 0.1) is 11.0 Å². The standard InChI is InChI=1S/C17H25N3O2S.ClH/c1-12-5-7-14(8-6-12)19-16(21)11-23-13(2)17(22)20-9-3-4-15(20)10-18;/h5-8,13,15H,3-4,9-11,18H2,1-2H3,(H,19,21);1H. The fourth-order valence-corrected chi connectivity index (χ4v) is 3.46. The Labute approximate surface area is 154 Å². The number of hydrogen-bond acceptors (Lipinski definition) is 4. The average Bonchev–Trinajstić information content (AvgIpc) is 3.02. The van der Waals surface area contributed by atoms with Crippen molar-refractivity contribution >= 4 is 41.7 Å². The van der Waals surface area contributed by atoms with Crippen LogP contribution in [-0.4, -0.2) is 46.8 Å². The summed E-state index contributed by atoms with van der Waals surface area (Å²) in [5.41, 5.74) is 7.65. The van der Waals surface area contributed by atoms with Gasteiger partial charge in [0.25, 0.3) is 0 Å². The molecule has 0 bridgehead atoms. The van der Waals surface area contributed by atoms with Gasteiger partial charge in [-0.15, -0.1) is 24.2 Å². The number of nitrogens with zero attached hydrogens (tertiary/aromatic N) is 1. The molecular formula is C17H26ClN3O2S. The zero-order chi connectivity index (χ0) is 16.8. The Bertz CT molecular complexity index is 553. The van der Waals surface area contributed by atoms with E-state index in [4.69, 9.17) is 5.73 Å². The number of thioether (sulfide) groups is 1. The van der Waals surface area contributed by atoms with Crippen molar-refractivity contribution in [3.8, 4) is 0 Å². The lowest BCUT2D eigenvalue weighted by molar-refractivity contribution is -0.130. The molecule has 1 aliphatic rings. The number of carbonyl (C=O) groups is 2. The Kier molecular flexibility index (Phi) is 8.59. The Morgan fingerprint density at radius 1 is 1.38 bits per heavy atom. The average molecular weight is 372 g/mol. The van der Waals surface area contributed by atoms with Gasteiger partial charge in [-0.05, 0) is 38.8 Å². The van der Waals surface area contributed by atoms with Crippen LogP contribution >= 0.6 is 24.2 Å². The molecule has 1 aromatic rings. The van der Waals surface area contributed by atoms with E-state index in [1.54, 1.807) is 0 Å². The van der Waals surface area contributed by atoms with E-state index in [-0.39, 0.29) is 41.3 Å². The van der Waals surface area contributed by atoms with E-state index < -0.39 is 0 Å². The van der Waals surface area contributed by atoms with Gasteiger partial charge in [0.1, 0.15) is 0 Å². The van der Waals surface area contributed by atoms with Gasteiger partial charge in [-0.25, -0.2) is 0 Å². The molecule has 1 aliphatic heterocycles. The van der Waals surface area contributed by atoms with Gasteiger partial charge < -0.3 is 16.0 Å². The minimum absolute atomic E-state index is 0. The van der Waals surface area contributed by atoms with Crippen molar-refractivity contribution in [3.05, 3.63) is 29.8 Å². The number of halogens is 1. The summed E-state index contributed by atoms with van der Waals surface area (Å²) in [5.74, 6) is 0.267. The molecule has 0 spiro atoms. The van der Waals surface area contributed by atoms with E-state index in [0.29, 0.717) is 6.54 Å². The first-order valence-corrected chi connectivity index (χ1v) is 9.05. The van der Waals surface area contributed by atoms with Crippen molar-refractivity contribution in [1.29, 1.82) is 0 Å². The van der Waals surface area contributed by atoms with Crippen LogP contribution in [0.25, 0.3) is 0 Å². The molecule has 1 fully saturated rings. The van der Waals surface area contributed by atoms with Gasteiger partial charge in [0, 0.05) is 24.8 Å². The second-order valence-electron chi connectivity index (χ2n) is 5.93. The highest BCUT2D eigenvalue weighted by Crippen LogP contribution is 2.22. The predicted molar refractivity (Wildman–Crippen MR) is 103 cm³/mol. The van der Waals surface area contributed by atoms with Gasteiger partial charge in [-0.1, -0.05) is 17.7 Å². The molecule has 0 aliphatic carbocycles. The number of likely N-dealkylation sites (tertiary alicyclic amines) is 1. The van der Waals surface area contributed by atoms with Crippen molar-refractivity contribution in [1.82, 2.24) is 4.90 Å². The van der Waals surface area contributed by atoms with E-state index in [2.05, 4.69) is 5.32 Å². The van der Waals surface area contributed by atoms with Crippen LogP contribution < -0.4 is 11.1 Å². The number of nitrogens with two attached hydrogens (primary N) is 1. The van der Waals surface area contributed by atoms with E-state index in [1.165, 1.54) is 11.8 Å². The van der Waals surface area contributed by atoms with Crippen molar-refractivity contribution in [2.75, 3.05) is 24.2 Å². The van der Waals surface area contributed by atoms with Crippen molar-refractivity contribution in [2.24, 2.45) is 5.73 Å². The van der Waals surface area contributed by atoms with Gasteiger partial charge in [0.15, 0.2) is 0 Å². The first-order chi connectivity index (χ1) is 11.0. The molecule has 0 aromatic heterocycles. The number of nitrogens with one attached hydrogen (secondary N) is 1. The summed E-state index contributed by atoms with van der Waals surface area (Å²) in [6, 6.07) is 7.82. The lowest BCUT2D eigenvalue weighted by Crippen LogP contribution is -2.43. The molecule has 7 heteroatoms. The number of carbonyl (C=O) groups excluding carboxylic acids is 2. The van der Waals surface area contributed by atoms with Crippen LogP contribution in [0.5, 0.6) is 0 Å². The Morgan fingerprint density at radius 2 is 2.04 bits per heavy atom. The van der Waals surface area contributed by atoms with E-state index in [9.17, 15) is 9.59 Å². The van der Waals surface area contributed by atoms with Crippen LogP contribution in [0.15, 0.2) is 24.3 Å². The molecule has 2 rings (SSSR count). The van der Waals surface area contributed by atoms with Gasteiger partial charge >= 0.3 is 0 Å². The fourth-order valence-electron chi connectivity index (χ4n) is 2.71. The molecule has 1 saturated heterocycles. The summed E-state index contributed by atoms with van der Waals surface area (Å²) >= 11 is 1.37. The third kappa shape index (κ3) is 5.69. The third-order valence-corrected chi connectivity index (χ3v) is 5.21. The first-order valence-electron chi connectivity index (χ1n) is 8.00.